The molecule has 6 heteroatoms. The molecule has 1 aromatic carbocycles. The number of benzene rings is 1. The monoisotopic (exact) mass is 350 g/mol. The van der Waals surface area contributed by atoms with E-state index in [1.165, 1.54) is 4.70 Å². The van der Waals surface area contributed by atoms with Gasteiger partial charge in [-0.3, -0.25) is 9.00 Å². The predicted octanol–water partition coefficient (Wildman–Crippen LogP) is 2.99. The van der Waals surface area contributed by atoms with Crippen LogP contribution in [0.3, 0.4) is 0 Å². The number of rotatable bonds is 5. The van der Waals surface area contributed by atoms with Crippen molar-refractivity contribution in [1.29, 1.82) is 0 Å². The van der Waals surface area contributed by atoms with Gasteiger partial charge in [-0.25, -0.2) is 4.98 Å². The fourth-order valence-electron chi connectivity index (χ4n) is 2.97. The first-order valence-corrected chi connectivity index (χ1v) is 10.4. The van der Waals surface area contributed by atoms with Crippen LogP contribution < -0.4 is 0 Å². The average Bonchev–Trinajstić information content (AvgIpc) is 2.97. The van der Waals surface area contributed by atoms with Crippen molar-refractivity contribution in [3.05, 3.63) is 29.3 Å². The topological polar surface area (TPSA) is 50.3 Å². The summed E-state index contributed by atoms with van der Waals surface area (Å²) in [5.74, 6) is 1.66. The van der Waals surface area contributed by atoms with E-state index in [0.717, 1.165) is 47.7 Å². The maximum atomic E-state index is 12.3. The van der Waals surface area contributed by atoms with Crippen LogP contribution in [0.5, 0.6) is 0 Å². The lowest BCUT2D eigenvalue weighted by atomic mass is 10.1. The molecule has 0 unspecified atom stereocenters. The smallest absolute Gasteiger partial charge is 0.222 e. The minimum atomic E-state index is -0.674. The summed E-state index contributed by atoms with van der Waals surface area (Å²) < 4.78 is 12.6. The second-order valence-electron chi connectivity index (χ2n) is 6.01. The van der Waals surface area contributed by atoms with E-state index < -0.39 is 10.8 Å². The Morgan fingerprint density at radius 3 is 2.83 bits per heavy atom. The molecule has 23 heavy (non-hydrogen) atoms. The summed E-state index contributed by atoms with van der Waals surface area (Å²) in [6, 6.07) is 8.41. The number of para-hydroxylation sites is 1. The lowest BCUT2D eigenvalue weighted by molar-refractivity contribution is -0.132. The van der Waals surface area contributed by atoms with Crippen LogP contribution in [0, 0.1) is 0 Å². The van der Waals surface area contributed by atoms with E-state index in [0.29, 0.717) is 6.42 Å². The molecule has 4 nitrogen and oxygen atoms in total. The highest BCUT2D eigenvalue weighted by Crippen LogP contribution is 2.23. The average molecular weight is 351 g/mol. The van der Waals surface area contributed by atoms with Gasteiger partial charge in [0.25, 0.3) is 0 Å². The highest BCUT2D eigenvalue weighted by atomic mass is 32.2. The van der Waals surface area contributed by atoms with Gasteiger partial charge in [-0.15, -0.1) is 11.3 Å². The summed E-state index contributed by atoms with van der Waals surface area (Å²) in [6.45, 7) is 0. The van der Waals surface area contributed by atoms with E-state index in [2.05, 4.69) is 11.1 Å². The molecule has 0 bridgehead atoms. The molecule has 2 aromatic rings. The third-order valence-corrected chi connectivity index (χ3v) is 6.90. The van der Waals surface area contributed by atoms with E-state index in [1.54, 1.807) is 11.3 Å². The van der Waals surface area contributed by atoms with Crippen molar-refractivity contribution >= 4 is 38.3 Å². The molecule has 1 aliphatic rings. The van der Waals surface area contributed by atoms with Crippen LogP contribution in [-0.4, -0.2) is 44.6 Å². The summed E-state index contributed by atoms with van der Waals surface area (Å²) in [6.07, 6.45) is 3.99. The van der Waals surface area contributed by atoms with E-state index in [9.17, 15) is 9.00 Å². The van der Waals surface area contributed by atoms with Crippen molar-refractivity contribution in [1.82, 2.24) is 9.88 Å². The normalized spacial score (nSPS) is 21.4. The maximum absolute atomic E-state index is 12.3. The van der Waals surface area contributed by atoms with Crippen LogP contribution in [-0.2, 0) is 22.0 Å². The molecule has 1 aromatic heterocycles. The highest BCUT2D eigenvalue weighted by Gasteiger charge is 2.24. The van der Waals surface area contributed by atoms with Gasteiger partial charge in [-0.1, -0.05) is 12.1 Å². The molecule has 0 aliphatic carbocycles. The van der Waals surface area contributed by atoms with Gasteiger partial charge in [-0.2, -0.15) is 0 Å². The van der Waals surface area contributed by atoms with E-state index in [4.69, 9.17) is 0 Å². The number of carbonyl (C=O) groups excluding carboxylic acids is 1. The first-order valence-electron chi connectivity index (χ1n) is 8.08. The molecule has 1 aliphatic heterocycles. The molecular formula is C17H22N2O2S2. The number of amides is 1. The minimum absolute atomic E-state index is 0.198. The molecule has 124 valence electrons. The van der Waals surface area contributed by atoms with Crippen molar-refractivity contribution in [2.75, 3.05) is 18.6 Å². The molecule has 0 atom stereocenters. The molecule has 2 heterocycles. The molecule has 1 fully saturated rings. The predicted molar refractivity (Wildman–Crippen MR) is 96.2 cm³/mol. The Hall–Kier alpha value is -1.27. The van der Waals surface area contributed by atoms with Gasteiger partial charge < -0.3 is 4.90 Å². The molecule has 3 rings (SSSR count). The molecule has 1 amide bonds. The van der Waals surface area contributed by atoms with Gasteiger partial charge in [0.15, 0.2) is 0 Å². The lowest BCUT2D eigenvalue weighted by Gasteiger charge is -2.31. The first kappa shape index (κ1) is 16.6. The summed E-state index contributed by atoms with van der Waals surface area (Å²) in [4.78, 5) is 18.8. The van der Waals surface area contributed by atoms with Crippen molar-refractivity contribution in [3.8, 4) is 0 Å². The van der Waals surface area contributed by atoms with Crippen LogP contribution in [0.25, 0.3) is 10.2 Å². The van der Waals surface area contributed by atoms with Gasteiger partial charge in [0.05, 0.1) is 15.2 Å². The second kappa shape index (κ2) is 7.53. The van der Waals surface area contributed by atoms with Crippen molar-refractivity contribution < 1.29 is 9.00 Å². The Balaban J connectivity index is 1.47. The maximum Gasteiger partial charge on any atom is 0.222 e. The summed E-state index contributed by atoms with van der Waals surface area (Å²) in [7, 11) is 1.21. The zero-order valence-corrected chi connectivity index (χ0v) is 15.0. The number of nitrogens with zero attached hydrogens (tertiary/aromatic N) is 2. The van der Waals surface area contributed by atoms with Crippen LogP contribution in [0.15, 0.2) is 24.3 Å². The van der Waals surface area contributed by atoms with Gasteiger partial charge in [-0.05, 0) is 37.8 Å². The van der Waals surface area contributed by atoms with Crippen molar-refractivity contribution in [2.24, 2.45) is 0 Å². The van der Waals surface area contributed by atoms with Crippen LogP contribution in [0.4, 0.5) is 0 Å². The molecular weight excluding hydrogens is 328 g/mol. The highest BCUT2D eigenvalue weighted by molar-refractivity contribution is 7.85. The van der Waals surface area contributed by atoms with Gasteiger partial charge in [0.2, 0.25) is 5.91 Å². The fraction of sp³-hybridized carbons (Fsp3) is 0.529. The third-order valence-electron chi connectivity index (χ3n) is 4.42. The van der Waals surface area contributed by atoms with Crippen LogP contribution >= 0.6 is 11.3 Å². The fourth-order valence-corrected chi connectivity index (χ4v) is 5.25. The quantitative estimate of drug-likeness (QED) is 0.833. The summed E-state index contributed by atoms with van der Waals surface area (Å²) >= 11 is 1.72. The van der Waals surface area contributed by atoms with Crippen LogP contribution in [0.1, 0.15) is 30.7 Å². The van der Waals surface area contributed by atoms with Crippen LogP contribution in [0.2, 0.25) is 0 Å². The SMILES string of the molecule is CN(C(=O)CCCc1nc2ccccc2s1)C1CCS(=O)CC1. The zero-order chi connectivity index (χ0) is 16.2. The molecule has 1 saturated heterocycles. The minimum Gasteiger partial charge on any atom is -0.343 e. The summed E-state index contributed by atoms with van der Waals surface area (Å²) in [5, 5.41) is 1.11. The second-order valence-corrected chi connectivity index (χ2v) is 8.82. The Morgan fingerprint density at radius 2 is 2.09 bits per heavy atom. The number of thiazole rings is 1. The van der Waals surface area contributed by atoms with E-state index in [-0.39, 0.29) is 11.9 Å². The number of fused-ring (bicyclic) bond motifs is 1. The van der Waals surface area contributed by atoms with E-state index in [1.807, 2.05) is 30.1 Å². The van der Waals surface area contributed by atoms with Gasteiger partial charge in [0, 0.05) is 41.8 Å². The number of aromatic nitrogens is 1. The van der Waals surface area contributed by atoms with Crippen molar-refractivity contribution in [2.45, 2.75) is 38.1 Å². The molecule has 0 saturated carbocycles. The first-order chi connectivity index (χ1) is 11.1. The molecule has 0 N–H and O–H groups in total. The lowest BCUT2D eigenvalue weighted by Crippen LogP contribution is -2.41. The Bertz CT molecular complexity index is 670. The zero-order valence-electron chi connectivity index (χ0n) is 13.4. The largest absolute Gasteiger partial charge is 0.343 e. The number of carbonyl (C=O) groups is 1. The number of aryl methyl sites for hydroxylation is 1. The van der Waals surface area contributed by atoms with E-state index >= 15 is 0 Å². The molecule has 0 radical (unpaired) electrons. The third kappa shape index (κ3) is 4.18. The van der Waals surface area contributed by atoms with Gasteiger partial charge in [0.1, 0.15) is 0 Å². The number of hydrogen-bond donors (Lipinski definition) is 0. The Morgan fingerprint density at radius 1 is 1.35 bits per heavy atom. The Kier molecular flexibility index (Phi) is 5.43. The van der Waals surface area contributed by atoms with Gasteiger partial charge >= 0.3 is 0 Å². The van der Waals surface area contributed by atoms with Crippen molar-refractivity contribution in [3.63, 3.8) is 0 Å². The Labute approximate surface area is 143 Å². The standard InChI is InChI=1S/C17H22N2O2S2/c1-19(13-9-11-23(21)12-10-13)17(20)8-4-7-16-18-14-5-2-3-6-15(14)22-16/h2-3,5-6,13H,4,7-12H2,1H3. The number of hydrogen-bond acceptors (Lipinski definition) is 4. The molecule has 0 spiro atoms. The summed E-state index contributed by atoms with van der Waals surface area (Å²) in [5.41, 5.74) is 1.05.